The molecule has 0 fully saturated rings. The molecular formula is C18H28IN5S. The highest BCUT2D eigenvalue weighted by molar-refractivity contribution is 14.0. The summed E-state index contributed by atoms with van der Waals surface area (Å²) >= 11 is 1.75. The van der Waals surface area contributed by atoms with Crippen LogP contribution < -0.4 is 10.6 Å². The van der Waals surface area contributed by atoms with Gasteiger partial charge in [0.15, 0.2) is 5.96 Å². The molecule has 1 unspecified atom stereocenters. The number of hydrogen-bond donors (Lipinski definition) is 2. The molecule has 0 bridgehead atoms. The molecule has 0 radical (unpaired) electrons. The van der Waals surface area contributed by atoms with E-state index < -0.39 is 0 Å². The Hall–Kier alpha value is -1.19. The number of likely N-dealkylation sites (N-methyl/N-ethyl adjacent to an activating group) is 1. The molecule has 2 aromatic heterocycles. The van der Waals surface area contributed by atoms with Gasteiger partial charge in [-0.05, 0) is 47.6 Å². The van der Waals surface area contributed by atoms with Gasteiger partial charge in [0, 0.05) is 19.8 Å². The lowest BCUT2D eigenvalue weighted by Crippen LogP contribution is -2.43. The second kappa shape index (κ2) is 12.2. The fourth-order valence-corrected chi connectivity index (χ4v) is 3.38. The van der Waals surface area contributed by atoms with Crippen molar-refractivity contribution in [2.24, 2.45) is 4.99 Å². The molecule has 138 valence electrons. The third kappa shape index (κ3) is 6.91. The van der Waals surface area contributed by atoms with Crippen LogP contribution in [0.15, 0.2) is 46.2 Å². The van der Waals surface area contributed by atoms with E-state index in [1.165, 1.54) is 5.56 Å². The summed E-state index contributed by atoms with van der Waals surface area (Å²) < 4.78 is 0. The first-order valence-corrected chi connectivity index (χ1v) is 9.33. The molecule has 0 saturated heterocycles. The lowest BCUT2D eigenvalue weighted by Gasteiger charge is -2.30. The molecular weight excluding hydrogens is 445 g/mol. The molecule has 2 rings (SSSR count). The van der Waals surface area contributed by atoms with Crippen molar-refractivity contribution in [3.05, 3.63) is 52.5 Å². The van der Waals surface area contributed by atoms with E-state index in [4.69, 9.17) is 0 Å². The molecule has 0 aromatic carbocycles. The summed E-state index contributed by atoms with van der Waals surface area (Å²) in [4.78, 5) is 11.1. The van der Waals surface area contributed by atoms with Gasteiger partial charge in [-0.1, -0.05) is 19.9 Å². The normalized spacial score (nSPS) is 12.6. The van der Waals surface area contributed by atoms with Gasteiger partial charge in [-0.2, -0.15) is 11.3 Å². The van der Waals surface area contributed by atoms with Crippen molar-refractivity contribution in [3.8, 4) is 0 Å². The molecule has 1 atom stereocenters. The van der Waals surface area contributed by atoms with Crippen LogP contribution in [0, 0.1) is 0 Å². The molecule has 25 heavy (non-hydrogen) atoms. The first-order chi connectivity index (χ1) is 11.8. The monoisotopic (exact) mass is 473 g/mol. The van der Waals surface area contributed by atoms with Gasteiger partial charge in [-0.25, -0.2) is 0 Å². The van der Waals surface area contributed by atoms with Crippen LogP contribution in [0.3, 0.4) is 0 Å². The number of pyridine rings is 1. The predicted molar refractivity (Wildman–Crippen MR) is 118 cm³/mol. The number of halogens is 1. The minimum atomic E-state index is 0. The highest BCUT2D eigenvalue weighted by Crippen LogP contribution is 2.22. The molecule has 0 saturated carbocycles. The van der Waals surface area contributed by atoms with Crippen LogP contribution in [0.5, 0.6) is 0 Å². The fourth-order valence-electron chi connectivity index (χ4n) is 2.68. The summed E-state index contributed by atoms with van der Waals surface area (Å²) in [5, 5.41) is 11.1. The Balaban J connectivity index is 0.00000312. The van der Waals surface area contributed by atoms with Gasteiger partial charge >= 0.3 is 0 Å². The summed E-state index contributed by atoms with van der Waals surface area (Å²) in [6.45, 7) is 7.94. The lowest BCUT2D eigenvalue weighted by molar-refractivity contribution is 0.219. The maximum atomic E-state index is 4.32. The second-order valence-electron chi connectivity index (χ2n) is 5.42. The molecule has 7 heteroatoms. The van der Waals surface area contributed by atoms with Crippen molar-refractivity contribution >= 4 is 41.3 Å². The smallest absolute Gasteiger partial charge is 0.191 e. The number of nitrogens with one attached hydrogen (secondary N) is 2. The van der Waals surface area contributed by atoms with Gasteiger partial charge < -0.3 is 10.6 Å². The first-order valence-electron chi connectivity index (χ1n) is 8.39. The van der Waals surface area contributed by atoms with Crippen molar-refractivity contribution in [3.63, 3.8) is 0 Å². The molecule has 0 amide bonds. The average molecular weight is 473 g/mol. The van der Waals surface area contributed by atoms with Gasteiger partial charge in [0.25, 0.3) is 0 Å². The van der Waals surface area contributed by atoms with Gasteiger partial charge in [-0.15, -0.1) is 24.0 Å². The molecule has 5 nitrogen and oxygen atoms in total. The van der Waals surface area contributed by atoms with Gasteiger partial charge in [0.2, 0.25) is 0 Å². The number of aromatic nitrogens is 1. The summed E-state index contributed by atoms with van der Waals surface area (Å²) in [7, 11) is 1.80. The maximum Gasteiger partial charge on any atom is 0.191 e. The summed E-state index contributed by atoms with van der Waals surface area (Å²) in [5.41, 5.74) is 2.36. The van der Waals surface area contributed by atoms with Crippen LogP contribution >= 0.6 is 35.3 Å². The largest absolute Gasteiger partial charge is 0.354 e. The Kier molecular flexibility index (Phi) is 10.7. The Labute approximate surface area is 172 Å². The molecule has 0 aliphatic carbocycles. The zero-order chi connectivity index (χ0) is 17.2. The molecule has 0 aliphatic heterocycles. The summed E-state index contributed by atoms with van der Waals surface area (Å²) in [6.07, 6.45) is 1.81. The third-order valence-corrected chi connectivity index (χ3v) is 4.73. The van der Waals surface area contributed by atoms with E-state index in [0.29, 0.717) is 12.6 Å². The van der Waals surface area contributed by atoms with Gasteiger partial charge in [-0.3, -0.25) is 14.9 Å². The number of rotatable bonds is 8. The number of hydrogen-bond acceptors (Lipinski definition) is 4. The average Bonchev–Trinajstić information content (AvgIpc) is 3.16. The molecule has 0 aliphatic rings. The molecule has 2 aromatic rings. The molecule has 2 N–H and O–H groups in total. The standard InChI is InChI=1S/C18H27N5S.HI/c1-4-23(5-2)17(15-9-11-24-14-15)13-22-18(19-3)21-12-16-8-6-7-10-20-16;/h6-11,14,17H,4-5,12-13H2,1-3H3,(H2,19,21,22);1H. The van der Waals surface area contributed by atoms with E-state index in [0.717, 1.165) is 31.3 Å². The van der Waals surface area contributed by atoms with Crippen LogP contribution in [0.25, 0.3) is 0 Å². The van der Waals surface area contributed by atoms with E-state index in [1.54, 1.807) is 24.6 Å². The zero-order valence-electron chi connectivity index (χ0n) is 15.1. The number of guanidine groups is 1. The van der Waals surface area contributed by atoms with E-state index in [-0.39, 0.29) is 24.0 Å². The van der Waals surface area contributed by atoms with E-state index in [1.807, 2.05) is 18.2 Å². The van der Waals surface area contributed by atoms with E-state index >= 15 is 0 Å². The second-order valence-corrected chi connectivity index (χ2v) is 6.20. The van der Waals surface area contributed by atoms with E-state index in [2.05, 4.69) is 56.2 Å². The quantitative estimate of drug-likeness (QED) is 0.350. The Morgan fingerprint density at radius 1 is 1.24 bits per heavy atom. The van der Waals surface area contributed by atoms with Gasteiger partial charge in [0.1, 0.15) is 0 Å². The topological polar surface area (TPSA) is 52.5 Å². The minimum Gasteiger partial charge on any atom is -0.354 e. The van der Waals surface area contributed by atoms with E-state index in [9.17, 15) is 0 Å². The Morgan fingerprint density at radius 2 is 2.04 bits per heavy atom. The highest BCUT2D eigenvalue weighted by atomic mass is 127. The van der Waals surface area contributed by atoms with Crippen LogP contribution in [-0.4, -0.2) is 42.5 Å². The fraction of sp³-hybridized carbons (Fsp3) is 0.444. The van der Waals surface area contributed by atoms with Crippen LogP contribution in [-0.2, 0) is 6.54 Å². The lowest BCUT2D eigenvalue weighted by atomic mass is 10.1. The van der Waals surface area contributed by atoms with Crippen molar-refractivity contribution in [2.45, 2.75) is 26.4 Å². The maximum absolute atomic E-state index is 4.32. The molecule has 2 heterocycles. The minimum absolute atomic E-state index is 0. The van der Waals surface area contributed by atoms with Crippen LogP contribution in [0.2, 0.25) is 0 Å². The Bertz CT molecular complexity index is 599. The number of nitrogens with zero attached hydrogens (tertiary/aromatic N) is 3. The van der Waals surface area contributed by atoms with Crippen LogP contribution in [0.4, 0.5) is 0 Å². The number of thiophene rings is 1. The zero-order valence-corrected chi connectivity index (χ0v) is 18.3. The van der Waals surface area contributed by atoms with Gasteiger partial charge in [0.05, 0.1) is 18.3 Å². The Morgan fingerprint density at radius 3 is 2.60 bits per heavy atom. The van der Waals surface area contributed by atoms with Crippen LogP contribution in [0.1, 0.15) is 31.1 Å². The van der Waals surface area contributed by atoms with Crippen molar-refractivity contribution < 1.29 is 0 Å². The SMILES string of the molecule is CCN(CC)C(CNC(=NC)NCc1ccccn1)c1ccsc1.I. The third-order valence-electron chi connectivity index (χ3n) is 4.03. The summed E-state index contributed by atoms with van der Waals surface area (Å²) in [6, 6.07) is 8.47. The van der Waals surface area contributed by atoms with Crippen molar-refractivity contribution in [1.82, 2.24) is 20.5 Å². The highest BCUT2D eigenvalue weighted by Gasteiger charge is 2.18. The predicted octanol–water partition coefficient (Wildman–Crippen LogP) is 3.51. The first kappa shape index (κ1) is 21.9. The van der Waals surface area contributed by atoms with Crippen molar-refractivity contribution in [1.29, 1.82) is 0 Å². The van der Waals surface area contributed by atoms with Crippen molar-refractivity contribution in [2.75, 3.05) is 26.7 Å². The number of aliphatic imine (C=N–C) groups is 1. The molecule has 0 spiro atoms. The summed E-state index contributed by atoms with van der Waals surface area (Å²) in [5.74, 6) is 0.799.